The molecule has 1 saturated heterocycles. The van der Waals surface area contributed by atoms with E-state index in [1.807, 2.05) is 0 Å². The quantitative estimate of drug-likeness (QED) is 0.570. The van der Waals surface area contributed by atoms with Gasteiger partial charge in [-0.1, -0.05) is 13.8 Å². The van der Waals surface area contributed by atoms with Gasteiger partial charge in [-0.15, -0.1) is 0 Å². The first-order valence-electron chi connectivity index (χ1n) is 4.42. The molecular formula is C9H19NO. The van der Waals surface area contributed by atoms with E-state index in [9.17, 15) is 0 Å². The van der Waals surface area contributed by atoms with E-state index in [0.717, 1.165) is 19.8 Å². The molecule has 0 aromatic rings. The minimum Gasteiger partial charge on any atom is -0.380 e. The van der Waals surface area contributed by atoms with Gasteiger partial charge in [0.2, 0.25) is 0 Å². The highest BCUT2D eigenvalue weighted by Gasteiger charge is 2.26. The zero-order valence-electron chi connectivity index (χ0n) is 7.89. The van der Waals surface area contributed by atoms with Gasteiger partial charge >= 0.3 is 0 Å². The maximum atomic E-state index is 5.53. The van der Waals surface area contributed by atoms with Crippen molar-refractivity contribution in [3.63, 3.8) is 0 Å². The normalized spacial score (nSPS) is 35.2. The Balaban J connectivity index is 2.51. The largest absolute Gasteiger partial charge is 0.380 e. The predicted octanol–water partition coefficient (Wildman–Crippen LogP) is 1.36. The van der Waals surface area contributed by atoms with E-state index in [2.05, 4.69) is 25.8 Å². The van der Waals surface area contributed by atoms with Crippen LogP contribution in [0.3, 0.4) is 0 Å². The maximum Gasteiger partial charge on any atom is 0.0593 e. The molecule has 0 spiro atoms. The Bertz CT molecular complexity index is 127. The highest BCUT2D eigenvalue weighted by molar-refractivity contribution is 4.77. The molecule has 0 aromatic heterocycles. The van der Waals surface area contributed by atoms with E-state index in [1.165, 1.54) is 13.0 Å². The van der Waals surface area contributed by atoms with E-state index in [4.69, 9.17) is 4.74 Å². The molecule has 11 heavy (non-hydrogen) atoms. The summed E-state index contributed by atoms with van der Waals surface area (Å²) in [5.74, 6) is 0. The van der Waals surface area contributed by atoms with Crippen molar-refractivity contribution in [1.82, 2.24) is 4.90 Å². The lowest BCUT2D eigenvalue weighted by Gasteiger charge is -2.28. The molecule has 1 fully saturated rings. The fraction of sp³-hybridized carbons (Fsp3) is 1.00. The van der Waals surface area contributed by atoms with Gasteiger partial charge in [0, 0.05) is 18.5 Å². The van der Waals surface area contributed by atoms with Crippen LogP contribution in [0.5, 0.6) is 0 Å². The Morgan fingerprint density at radius 1 is 1.55 bits per heavy atom. The minimum absolute atomic E-state index is 0.380. The predicted molar refractivity (Wildman–Crippen MR) is 46.7 cm³/mol. The number of nitrogens with zero attached hydrogens (tertiary/aromatic N) is 1. The first-order chi connectivity index (χ1) is 5.16. The van der Waals surface area contributed by atoms with Crippen LogP contribution in [0.15, 0.2) is 0 Å². The molecule has 1 atom stereocenters. The molecule has 66 valence electrons. The number of ether oxygens (including phenoxy) is 1. The van der Waals surface area contributed by atoms with Crippen LogP contribution < -0.4 is 0 Å². The standard InChI is InChI=1S/C9H19NO/c1-4-9(2)7-10(3)5-6-11-8-9/h4-8H2,1-3H3. The fourth-order valence-corrected chi connectivity index (χ4v) is 1.53. The Morgan fingerprint density at radius 2 is 2.27 bits per heavy atom. The summed E-state index contributed by atoms with van der Waals surface area (Å²) in [4.78, 5) is 2.36. The van der Waals surface area contributed by atoms with Gasteiger partial charge in [-0.25, -0.2) is 0 Å². The van der Waals surface area contributed by atoms with Gasteiger partial charge in [0.15, 0.2) is 0 Å². The second-order valence-corrected chi connectivity index (χ2v) is 3.95. The zero-order valence-corrected chi connectivity index (χ0v) is 7.89. The summed E-state index contributed by atoms with van der Waals surface area (Å²) in [6, 6.07) is 0. The van der Waals surface area contributed by atoms with Gasteiger partial charge in [0.05, 0.1) is 13.2 Å². The average molecular weight is 157 g/mol. The van der Waals surface area contributed by atoms with Crippen molar-refractivity contribution < 1.29 is 4.74 Å². The number of hydrogen-bond acceptors (Lipinski definition) is 2. The Labute approximate surface area is 69.5 Å². The zero-order chi connectivity index (χ0) is 8.32. The van der Waals surface area contributed by atoms with E-state index in [-0.39, 0.29) is 0 Å². The van der Waals surface area contributed by atoms with Crippen molar-refractivity contribution >= 4 is 0 Å². The highest BCUT2D eigenvalue weighted by Crippen LogP contribution is 2.24. The van der Waals surface area contributed by atoms with Gasteiger partial charge in [-0.3, -0.25) is 0 Å². The van der Waals surface area contributed by atoms with Crippen LogP contribution in [0.25, 0.3) is 0 Å². The molecule has 0 aromatic carbocycles. The van der Waals surface area contributed by atoms with Crippen LogP contribution in [0.2, 0.25) is 0 Å². The molecule has 1 aliphatic rings. The van der Waals surface area contributed by atoms with Crippen molar-refractivity contribution in [3.8, 4) is 0 Å². The molecule has 0 bridgehead atoms. The first kappa shape index (κ1) is 9.01. The Hall–Kier alpha value is -0.0800. The monoisotopic (exact) mass is 157 g/mol. The van der Waals surface area contributed by atoms with Crippen molar-refractivity contribution in [3.05, 3.63) is 0 Å². The summed E-state index contributed by atoms with van der Waals surface area (Å²) in [5.41, 5.74) is 0.380. The average Bonchev–Trinajstić information content (AvgIpc) is 2.13. The molecule has 0 amide bonds. The molecule has 0 radical (unpaired) electrons. The number of rotatable bonds is 1. The van der Waals surface area contributed by atoms with E-state index in [1.54, 1.807) is 0 Å². The molecule has 1 aliphatic heterocycles. The number of hydrogen-bond donors (Lipinski definition) is 0. The summed E-state index contributed by atoms with van der Waals surface area (Å²) in [6.07, 6.45) is 1.21. The Kier molecular flexibility index (Phi) is 2.90. The van der Waals surface area contributed by atoms with Crippen LogP contribution in [-0.2, 0) is 4.74 Å². The van der Waals surface area contributed by atoms with Crippen molar-refractivity contribution in [1.29, 1.82) is 0 Å². The number of likely N-dealkylation sites (N-methyl/N-ethyl adjacent to an activating group) is 1. The Morgan fingerprint density at radius 3 is 2.91 bits per heavy atom. The molecule has 1 unspecified atom stereocenters. The third-order valence-electron chi connectivity index (χ3n) is 2.57. The summed E-state index contributed by atoms with van der Waals surface area (Å²) in [5, 5.41) is 0. The van der Waals surface area contributed by atoms with Gasteiger partial charge in [0.25, 0.3) is 0 Å². The third-order valence-corrected chi connectivity index (χ3v) is 2.57. The maximum absolute atomic E-state index is 5.53. The minimum atomic E-state index is 0.380. The molecule has 0 N–H and O–H groups in total. The van der Waals surface area contributed by atoms with E-state index < -0.39 is 0 Å². The second-order valence-electron chi connectivity index (χ2n) is 3.95. The van der Waals surface area contributed by atoms with Crippen LogP contribution in [0.1, 0.15) is 20.3 Å². The summed E-state index contributed by atoms with van der Waals surface area (Å²) in [6.45, 7) is 8.61. The molecule has 1 rings (SSSR count). The molecular weight excluding hydrogens is 138 g/mol. The lowest BCUT2D eigenvalue weighted by atomic mass is 9.88. The molecule has 0 saturated carbocycles. The van der Waals surface area contributed by atoms with Crippen molar-refractivity contribution in [2.24, 2.45) is 5.41 Å². The third kappa shape index (κ3) is 2.46. The van der Waals surface area contributed by atoms with Crippen molar-refractivity contribution in [2.75, 3.05) is 33.4 Å². The van der Waals surface area contributed by atoms with Crippen LogP contribution in [0.4, 0.5) is 0 Å². The molecule has 2 nitrogen and oxygen atoms in total. The van der Waals surface area contributed by atoms with Gasteiger partial charge < -0.3 is 9.64 Å². The molecule has 0 aliphatic carbocycles. The SMILES string of the molecule is CCC1(C)COCCN(C)C1. The first-order valence-corrected chi connectivity index (χ1v) is 4.42. The topological polar surface area (TPSA) is 12.5 Å². The van der Waals surface area contributed by atoms with E-state index in [0.29, 0.717) is 5.41 Å². The fourth-order valence-electron chi connectivity index (χ4n) is 1.53. The second kappa shape index (κ2) is 3.55. The van der Waals surface area contributed by atoms with Crippen LogP contribution >= 0.6 is 0 Å². The van der Waals surface area contributed by atoms with E-state index >= 15 is 0 Å². The summed E-state index contributed by atoms with van der Waals surface area (Å²) < 4.78 is 5.53. The molecule has 2 heteroatoms. The smallest absolute Gasteiger partial charge is 0.0593 e. The molecule has 1 heterocycles. The summed E-state index contributed by atoms with van der Waals surface area (Å²) in [7, 11) is 2.17. The lowest BCUT2D eigenvalue weighted by Crippen LogP contribution is -2.33. The van der Waals surface area contributed by atoms with Gasteiger partial charge in [-0.2, -0.15) is 0 Å². The van der Waals surface area contributed by atoms with Gasteiger partial charge in [-0.05, 0) is 13.5 Å². The van der Waals surface area contributed by atoms with Crippen molar-refractivity contribution in [2.45, 2.75) is 20.3 Å². The van der Waals surface area contributed by atoms with Gasteiger partial charge in [0.1, 0.15) is 0 Å². The highest BCUT2D eigenvalue weighted by atomic mass is 16.5. The summed E-state index contributed by atoms with van der Waals surface area (Å²) >= 11 is 0. The van der Waals surface area contributed by atoms with Crippen LogP contribution in [0, 0.1) is 5.41 Å². The lowest BCUT2D eigenvalue weighted by molar-refractivity contribution is 0.0763. The van der Waals surface area contributed by atoms with Crippen LogP contribution in [-0.4, -0.2) is 38.3 Å².